The number of nitrogens with zero attached hydrogens (tertiary/aromatic N) is 3. The second-order valence-corrected chi connectivity index (χ2v) is 8.76. The fourth-order valence-corrected chi connectivity index (χ4v) is 4.60. The van der Waals surface area contributed by atoms with Gasteiger partial charge in [-0.15, -0.1) is 11.3 Å². The highest BCUT2D eigenvalue weighted by Gasteiger charge is 2.17. The number of thiazole rings is 1. The van der Waals surface area contributed by atoms with Crippen LogP contribution in [0.5, 0.6) is 0 Å². The number of furan rings is 1. The number of imidazole rings is 1. The van der Waals surface area contributed by atoms with E-state index in [1.54, 1.807) is 22.5 Å². The molecule has 0 radical (unpaired) electrons. The molecule has 0 aliphatic heterocycles. The van der Waals surface area contributed by atoms with Crippen molar-refractivity contribution in [3.8, 4) is 11.3 Å². The molecule has 0 fully saturated rings. The molecule has 0 bridgehead atoms. The van der Waals surface area contributed by atoms with Crippen LogP contribution in [0, 0.1) is 6.92 Å². The molecule has 0 saturated carbocycles. The van der Waals surface area contributed by atoms with Crippen molar-refractivity contribution in [3.05, 3.63) is 102 Å². The summed E-state index contributed by atoms with van der Waals surface area (Å²) in [7, 11) is 0. The van der Waals surface area contributed by atoms with Crippen LogP contribution in [0.3, 0.4) is 0 Å². The molecule has 2 amide bonds. The smallest absolute Gasteiger partial charge is 0.322 e. The highest BCUT2D eigenvalue weighted by molar-refractivity contribution is 7.15. The molecule has 0 aliphatic carbocycles. The highest BCUT2D eigenvalue weighted by atomic mass is 32.1. The number of nitrogens with one attached hydrogen (secondary N) is 1. The Hall–Kier alpha value is -3.84. The van der Waals surface area contributed by atoms with E-state index < -0.39 is 0 Å². The van der Waals surface area contributed by atoms with Crippen molar-refractivity contribution >= 4 is 28.0 Å². The molecule has 7 heteroatoms. The zero-order valence-corrected chi connectivity index (χ0v) is 19.1. The molecule has 0 aliphatic rings. The molecule has 3 heterocycles. The van der Waals surface area contributed by atoms with Crippen LogP contribution < -0.4 is 5.32 Å². The first-order valence-corrected chi connectivity index (χ1v) is 11.7. The van der Waals surface area contributed by atoms with Crippen LogP contribution in [0.25, 0.3) is 16.2 Å². The summed E-state index contributed by atoms with van der Waals surface area (Å²) in [6.07, 6.45) is 4.40. The molecule has 1 N–H and O–H groups in total. The summed E-state index contributed by atoms with van der Waals surface area (Å²) < 4.78 is 7.63. The van der Waals surface area contributed by atoms with E-state index in [0.717, 1.165) is 38.9 Å². The zero-order chi connectivity index (χ0) is 22.6. The quantitative estimate of drug-likeness (QED) is 0.315. The first-order chi connectivity index (χ1) is 16.2. The van der Waals surface area contributed by atoms with Crippen LogP contribution >= 0.6 is 11.3 Å². The lowest BCUT2D eigenvalue weighted by atomic mass is 10.2. The number of anilines is 1. The van der Waals surface area contributed by atoms with Gasteiger partial charge in [0.2, 0.25) is 0 Å². The summed E-state index contributed by atoms with van der Waals surface area (Å²) in [6.45, 7) is 2.97. The minimum Gasteiger partial charge on any atom is -0.467 e. The van der Waals surface area contributed by atoms with Gasteiger partial charge in [-0.1, -0.05) is 48.0 Å². The average molecular weight is 457 g/mol. The molecule has 3 aromatic heterocycles. The number of aromatic nitrogens is 2. The van der Waals surface area contributed by atoms with E-state index in [9.17, 15) is 4.79 Å². The van der Waals surface area contributed by atoms with Crippen molar-refractivity contribution in [2.45, 2.75) is 19.9 Å². The molecule has 166 valence electrons. The molecule has 0 saturated heterocycles. The van der Waals surface area contributed by atoms with Gasteiger partial charge in [0.05, 0.1) is 18.5 Å². The number of carbonyl (C=O) groups is 1. The van der Waals surface area contributed by atoms with Crippen molar-refractivity contribution < 1.29 is 9.21 Å². The van der Waals surface area contributed by atoms with Gasteiger partial charge in [-0.3, -0.25) is 4.40 Å². The average Bonchev–Trinajstić information content (AvgIpc) is 3.57. The van der Waals surface area contributed by atoms with Gasteiger partial charge in [0.15, 0.2) is 4.96 Å². The normalized spacial score (nSPS) is 11.1. The van der Waals surface area contributed by atoms with Gasteiger partial charge in [-0.2, -0.15) is 0 Å². The van der Waals surface area contributed by atoms with Gasteiger partial charge in [0.1, 0.15) is 5.76 Å². The van der Waals surface area contributed by atoms with Crippen molar-refractivity contribution in [1.82, 2.24) is 14.3 Å². The minimum absolute atomic E-state index is 0.155. The van der Waals surface area contributed by atoms with Crippen LogP contribution in [0.4, 0.5) is 10.5 Å². The maximum absolute atomic E-state index is 13.1. The number of fused-ring (bicyclic) bond motifs is 1. The number of hydrogen-bond donors (Lipinski definition) is 1. The third-order valence-corrected chi connectivity index (χ3v) is 6.40. The predicted molar refractivity (Wildman–Crippen MR) is 132 cm³/mol. The molecule has 5 aromatic rings. The minimum atomic E-state index is -0.155. The SMILES string of the molecule is Cc1ccc(NC(=O)N(CCc2csc3nc(-c4ccccc4)cn23)Cc2ccco2)cc1. The monoisotopic (exact) mass is 456 g/mol. The molecule has 33 heavy (non-hydrogen) atoms. The molecule has 6 nitrogen and oxygen atoms in total. The molecular weight excluding hydrogens is 432 g/mol. The Morgan fingerprint density at radius 1 is 1.09 bits per heavy atom. The number of urea groups is 1. The fraction of sp³-hybridized carbons (Fsp3) is 0.154. The lowest BCUT2D eigenvalue weighted by Gasteiger charge is -2.22. The van der Waals surface area contributed by atoms with E-state index in [4.69, 9.17) is 9.40 Å². The molecular formula is C26H24N4O2S. The third-order valence-electron chi connectivity index (χ3n) is 5.51. The number of benzene rings is 2. The number of rotatable bonds is 7. The number of carbonyl (C=O) groups excluding carboxylic acids is 1. The van der Waals surface area contributed by atoms with Gasteiger partial charge < -0.3 is 14.6 Å². The van der Waals surface area contributed by atoms with E-state index in [-0.39, 0.29) is 6.03 Å². The van der Waals surface area contributed by atoms with Crippen LogP contribution in [0.15, 0.2) is 89.0 Å². The summed E-state index contributed by atoms with van der Waals surface area (Å²) >= 11 is 1.61. The first-order valence-electron chi connectivity index (χ1n) is 10.8. The third kappa shape index (κ3) is 4.83. The Balaban J connectivity index is 1.33. The zero-order valence-electron chi connectivity index (χ0n) is 18.3. The van der Waals surface area contributed by atoms with Crippen molar-refractivity contribution in [3.63, 3.8) is 0 Å². The van der Waals surface area contributed by atoms with Crippen LogP contribution in [0.1, 0.15) is 17.0 Å². The van der Waals surface area contributed by atoms with E-state index in [1.165, 1.54) is 0 Å². The van der Waals surface area contributed by atoms with E-state index in [1.807, 2.05) is 61.5 Å². The van der Waals surface area contributed by atoms with Crippen LogP contribution in [-0.4, -0.2) is 26.9 Å². The fourth-order valence-electron chi connectivity index (χ4n) is 3.69. The number of aryl methyl sites for hydroxylation is 1. The lowest BCUT2D eigenvalue weighted by Crippen LogP contribution is -2.36. The van der Waals surface area contributed by atoms with E-state index >= 15 is 0 Å². The van der Waals surface area contributed by atoms with Crippen LogP contribution in [0.2, 0.25) is 0 Å². The van der Waals surface area contributed by atoms with Gasteiger partial charge >= 0.3 is 6.03 Å². The standard InChI is InChI=1S/C26H24N4O2S/c1-19-9-11-21(12-10-19)27-25(31)29(16-23-8-5-15-32-23)14-13-22-18-33-26-28-24(17-30(22)26)20-6-3-2-4-7-20/h2-12,15,17-18H,13-14,16H2,1H3,(H,27,31). The maximum Gasteiger partial charge on any atom is 0.322 e. The van der Waals surface area contributed by atoms with Gasteiger partial charge in [0.25, 0.3) is 0 Å². The van der Waals surface area contributed by atoms with E-state index in [2.05, 4.69) is 33.4 Å². The first kappa shape index (κ1) is 21.0. The number of hydrogen-bond acceptors (Lipinski definition) is 4. The maximum atomic E-state index is 13.1. The summed E-state index contributed by atoms with van der Waals surface area (Å²) in [5.74, 6) is 0.749. The second-order valence-electron chi connectivity index (χ2n) is 7.92. The molecule has 5 rings (SSSR count). The second kappa shape index (κ2) is 9.34. The van der Waals surface area contributed by atoms with Gasteiger partial charge in [0, 0.05) is 41.5 Å². The Bertz CT molecular complexity index is 1340. The topological polar surface area (TPSA) is 62.8 Å². The Labute approximate surface area is 196 Å². The molecule has 0 spiro atoms. The Kier molecular flexibility index (Phi) is 5.95. The van der Waals surface area contributed by atoms with Crippen molar-refractivity contribution in [2.24, 2.45) is 0 Å². The molecule has 0 unspecified atom stereocenters. The highest BCUT2D eigenvalue weighted by Crippen LogP contribution is 2.24. The molecule has 2 aromatic carbocycles. The predicted octanol–water partition coefficient (Wildman–Crippen LogP) is 6.24. The number of amides is 2. The lowest BCUT2D eigenvalue weighted by molar-refractivity contribution is 0.204. The molecule has 0 atom stereocenters. The largest absolute Gasteiger partial charge is 0.467 e. The van der Waals surface area contributed by atoms with Crippen molar-refractivity contribution in [1.29, 1.82) is 0 Å². The van der Waals surface area contributed by atoms with E-state index in [0.29, 0.717) is 19.5 Å². The Morgan fingerprint density at radius 2 is 1.91 bits per heavy atom. The summed E-state index contributed by atoms with van der Waals surface area (Å²) in [4.78, 5) is 20.6. The summed E-state index contributed by atoms with van der Waals surface area (Å²) in [6, 6.07) is 21.5. The van der Waals surface area contributed by atoms with Crippen molar-refractivity contribution in [2.75, 3.05) is 11.9 Å². The van der Waals surface area contributed by atoms with Gasteiger partial charge in [-0.05, 0) is 31.2 Å². The Morgan fingerprint density at radius 3 is 2.67 bits per heavy atom. The summed E-state index contributed by atoms with van der Waals surface area (Å²) in [5, 5.41) is 5.11. The van der Waals surface area contributed by atoms with Crippen LogP contribution in [-0.2, 0) is 13.0 Å². The summed E-state index contributed by atoms with van der Waals surface area (Å²) in [5.41, 5.74) is 5.09. The van der Waals surface area contributed by atoms with Gasteiger partial charge in [-0.25, -0.2) is 9.78 Å².